The fourth-order valence-electron chi connectivity index (χ4n) is 1.37. The predicted octanol–water partition coefficient (Wildman–Crippen LogP) is 3.40. The molecule has 0 spiro atoms. The van der Waals surface area contributed by atoms with Crippen molar-refractivity contribution in [1.29, 1.82) is 0 Å². The van der Waals surface area contributed by atoms with Gasteiger partial charge in [0, 0.05) is 0 Å². The zero-order valence-corrected chi connectivity index (χ0v) is 12.1. The van der Waals surface area contributed by atoms with Gasteiger partial charge in [-0.1, -0.05) is 6.92 Å². The number of rotatable bonds is 5. The van der Waals surface area contributed by atoms with Crippen LogP contribution in [0, 0.1) is 0 Å². The van der Waals surface area contributed by atoms with Gasteiger partial charge < -0.3 is 15.2 Å². The molecule has 0 aliphatic heterocycles. The summed E-state index contributed by atoms with van der Waals surface area (Å²) in [6, 6.07) is 7.33. The Bertz CT molecular complexity index is 546. The summed E-state index contributed by atoms with van der Waals surface area (Å²) >= 11 is 3.31. The second-order valence-corrected chi connectivity index (χ2v) is 4.66. The topological polar surface area (TPSA) is 70.3 Å². The summed E-state index contributed by atoms with van der Waals surface area (Å²) in [7, 11) is 0. The molecule has 19 heavy (non-hydrogen) atoms. The van der Waals surface area contributed by atoms with Crippen molar-refractivity contribution in [3.63, 3.8) is 0 Å². The van der Waals surface area contributed by atoms with Gasteiger partial charge in [0.15, 0.2) is 0 Å². The van der Waals surface area contributed by atoms with E-state index in [4.69, 9.17) is 15.2 Å². The molecule has 2 N–H and O–H groups in total. The minimum atomic E-state index is 0.168. The van der Waals surface area contributed by atoms with Crippen molar-refractivity contribution in [3.05, 3.63) is 34.9 Å². The first kappa shape index (κ1) is 13.6. The Kier molecular flexibility index (Phi) is 4.57. The fraction of sp³-hybridized carbons (Fsp3) is 0.231. The quantitative estimate of drug-likeness (QED) is 0.913. The highest BCUT2D eigenvalue weighted by Gasteiger charge is 2.06. The Balaban J connectivity index is 2.08. The molecule has 0 aliphatic rings. The average Bonchev–Trinajstić information content (AvgIpc) is 2.42. The lowest BCUT2D eigenvalue weighted by molar-refractivity contribution is 0.317. The Hall–Kier alpha value is -1.82. The number of anilines is 1. The van der Waals surface area contributed by atoms with E-state index >= 15 is 0 Å². The van der Waals surface area contributed by atoms with Crippen LogP contribution in [0.2, 0.25) is 0 Å². The van der Waals surface area contributed by atoms with E-state index in [9.17, 15) is 0 Å². The van der Waals surface area contributed by atoms with Crippen LogP contribution in [-0.4, -0.2) is 16.6 Å². The third kappa shape index (κ3) is 3.82. The van der Waals surface area contributed by atoms with Crippen molar-refractivity contribution in [2.75, 3.05) is 12.3 Å². The minimum absolute atomic E-state index is 0.168. The molecule has 0 aliphatic carbocycles. The Morgan fingerprint density at radius 1 is 1.21 bits per heavy atom. The zero-order chi connectivity index (χ0) is 13.7. The van der Waals surface area contributed by atoms with Crippen LogP contribution in [0.25, 0.3) is 0 Å². The van der Waals surface area contributed by atoms with E-state index in [2.05, 4.69) is 32.8 Å². The third-order valence-electron chi connectivity index (χ3n) is 2.24. The molecule has 0 saturated carbocycles. The van der Waals surface area contributed by atoms with Gasteiger partial charge in [0.1, 0.15) is 11.5 Å². The number of ether oxygens (including phenoxy) is 2. The van der Waals surface area contributed by atoms with E-state index in [0.29, 0.717) is 22.7 Å². The van der Waals surface area contributed by atoms with Gasteiger partial charge in [0.05, 0.1) is 17.3 Å². The number of nitrogens with zero attached hydrogens (tertiary/aromatic N) is 2. The number of aromatic nitrogens is 2. The van der Waals surface area contributed by atoms with Gasteiger partial charge in [-0.05, 0) is 46.6 Å². The van der Waals surface area contributed by atoms with Crippen molar-refractivity contribution >= 4 is 21.9 Å². The van der Waals surface area contributed by atoms with Crippen LogP contribution in [0.3, 0.4) is 0 Å². The number of halogens is 1. The van der Waals surface area contributed by atoms with Crippen LogP contribution in [0.15, 0.2) is 34.9 Å². The van der Waals surface area contributed by atoms with Crippen LogP contribution in [-0.2, 0) is 0 Å². The Morgan fingerprint density at radius 3 is 2.58 bits per heavy atom. The smallest absolute Gasteiger partial charge is 0.238 e. The monoisotopic (exact) mass is 323 g/mol. The maximum absolute atomic E-state index is 5.62. The fourth-order valence-corrected chi connectivity index (χ4v) is 1.64. The molecule has 1 heterocycles. The van der Waals surface area contributed by atoms with Crippen LogP contribution in [0.4, 0.5) is 5.95 Å². The SMILES string of the molecule is CCCOc1ccc(Oc2nc(N)ncc2Br)cc1. The van der Waals surface area contributed by atoms with Crippen molar-refractivity contribution in [3.8, 4) is 17.4 Å². The zero-order valence-electron chi connectivity index (χ0n) is 10.5. The molecule has 0 atom stereocenters. The maximum Gasteiger partial charge on any atom is 0.238 e. The Morgan fingerprint density at radius 2 is 1.89 bits per heavy atom. The number of nitrogens with two attached hydrogens (primary N) is 1. The number of benzene rings is 1. The molecule has 6 heteroatoms. The van der Waals surface area contributed by atoms with Gasteiger partial charge in [-0.3, -0.25) is 0 Å². The van der Waals surface area contributed by atoms with Crippen LogP contribution in [0.5, 0.6) is 17.4 Å². The lowest BCUT2D eigenvalue weighted by Crippen LogP contribution is -1.98. The molecule has 0 radical (unpaired) electrons. The standard InChI is InChI=1S/C13H14BrN3O2/c1-2-7-18-9-3-5-10(6-4-9)19-12-11(14)8-16-13(15)17-12/h3-6,8H,2,7H2,1H3,(H2,15,16,17). The first-order valence-corrected chi connectivity index (χ1v) is 6.67. The molecular formula is C13H14BrN3O2. The highest BCUT2D eigenvalue weighted by Crippen LogP contribution is 2.28. The van der Waals surface area contributed by atoms with Crippen molar-refractivity contribution in [1.82, 2.24) is 9.97 Å². The first-order chi connectivity index (χ1) is 9.19. The van der Waals surface area contributed by atoms with Gasteiger partial charge in [-0.15, -0.1) is 0 Å². The van der Waals surface area contributed by atoms with E-state index in [1.165, 1.54) is 0 Å². The molecule has 0 amide bonds. The van der Waals surface area contributed by atoms with Crippen molar-refractivity contribution in [2.24, 2.45) is 0 Å². The lowest BCUT2D eigenvalue weighted by atomic mass is 10.3. The molecule has 0 fully saturated rings. The second kappa shape index (κ2) is 6.38. The van der Waals surface area contributed by atoms with E-state index < -0.39 is 0 Å². The van der Waals surface area contributed by atoms with Crippen molar-refractivity contribution < 1.29 is 9.47 Å². The van der Waals surface area contributed by atoms with E-state index in [-0.39, 0.29) is 5.95 Å². The van der Waals surface area contributed by atoms with Crippen LogP contribution >= 0.6 is 15.9 Å². The van der Waals surface area contributed by atoms with Gasteiger partial charge in [-0.25, -0.2) is 4.98 Å². The minimum Gasteiger partial charge on any atom is -0.494 e. The summed E-state index contributed by atoms with van der Waals surface area (Å²) in [6.07, 6.45) is 2.53. The molecule has 2 rings (SSSR count). The molecule has 1 aromatic heterocycles. The van der Waals surface area contributed by atoms with Crippen LogP contribution < -0.4 is 15.2 Å². The summed E-state index contributed by atoms with van der Waals surface area (Å²) in [5, 5.41) is 0. The molecule has 100 valence electrons. The maximum atomic E-state index is 5.62. The molecule has 5 nitrogen and oxygen atoms in total. The molecule has 0 saturated heterocycles. The summed E-state index contributed by atoms with van der Waals surface area (Å²) in [6.45, 7) is 2.77. The summed E-state index contributed by atoms with van der Waals surface area (Å²) in [5.41, 5.74) is 5.52. The van der Waals surface area contributed by atoms with Crippen molar-refractivity contribution in [2.45, 2.75) is 13.3 Å². The largest absolute Gasteiger partial charge is 0.494 e. The van der Waals surface area contributed by atoms with Gasteiger partial charge in [0.2, 0.25) is 11.8 Å². The normalized spacial score (nSPS) is 10.2. The molecule has 2 aromatic rings. The van der Waals surface area contributed by atoms with Gasteiger partial charge >= 0.3 is 0 Å². The van der Waals surface area contributed by atoms with E-state index in [0.717, 1.165) is 12.2 Å². The molecule has 0 bridgehead atoms. The lowest BCUT2D eigenvalue weighted by Gasteiger charge is -2.08. The third-order valence-corrected chi connectivity index (χ3v) is 2.79. The second-order valence-electron chi connectivity index (χ2n) is 3.80. The van der Waals surface area contributed by atoms with E-state index in [1.54, 1.807) is 6.20 Å². The summed E-state index contributed by atoms with van der Waals surface area (Å²) in [4.78, 5) is 7.85. The first-order valence-electron chi connectivity index (χ1n) is 5.87. The average molecular weight is 324 g/mol. The molecular weight excluding hydrogens is 310 g/mol. The molecule has 1 aromatic carbocycles. The number of hydrogen-bond acceptors (Lipinski definition) is 5. The number of hydrogen-bond donors (Lipinski definition) is 1. The summed E-state index contributed by atoms with van der Waals surface area (Å²) < 4.78 is 11.8. The number of nitrogen functional groups attached to an aromatic ring is 1. The van der Waals surface area contributed by atoms with Gasteiger partial charge in [0.25, 0.3) is 0 Å². The predicted molar refractivity (Wildman–Crippen MR) is 76.4 cm³/mol. The highest BCUT2D eigenvalue weighted by molar-refractivity contribution is 9.10. The molecule has 0 unspecified atom stereocenters. The van der Waals surface area contributed by atoms with Crippen LogP contribution in [0.1, 0.15) is 13.3 Å². The Labute approximate surface area is 119 Å². The van der Waals surface area contributed by atoms with E-state index in [1.807, 2.05) is 24.3 Å². The van der Waals surface area contributed by atoms with Gasteiger partial charge in [-0.2, -0.15) is 4.98 Å². The summed E-state index contributed by atoms with van der Waals surface area (Å²) in [5.74, 6) is 2.02. The highest BCUT2D eigenvalue weighted by atomic mass is 79.9.